The van der Waals surface area contributed by atoms with E-state index in [4.69, 9.17) is 23.2 Å². The lowest BCUT2D eigenvalue weighted by Gasteiger charge is -2.08. The Hall–Kier alpha value is 0.0500. The van der Waals surface area contributed by atoms with E-state index in [1.165, 1.54) is 13.5 Å². The van der Waals surface area contributed by atoms with Gasteiger partial charge in [-0.05, 0) is 19.3 Å². The molecule has 0 N–H and O–H groups in total. The van der Waals surface area contributed by atoms with Gasteiger partial charge in [-0.15, -0.1) is 23.2 Å². The number of ether oxygens (including phenoxy) is 1. The Morgan fingerprint density at radius 3 is 2.18 bits per heavy atom. The van der Waals surface area contributed by atoms with Crippen LogP contribution in [0.5, 0.6) is 0 Å². The van der Waals surface area contributed by atoms with Crippen LogP contribution in [-0.2, 0) is 9.53 Å². The minimum atomic E-state index is -0.485. The maximum atomic E-state index is 11.0. The maximum absolute atomic E-state index is 11.0. The molecule has 0 aromatic rings. The normalized spacial score (nSPS) is 14.4. The number of alkyl halides is 2. The lowest BCUT2D eigenvalue weighted by molar-refractivity contribution is -0.140. The lowest BCUT2D eigenvalue weighted by Crippen LogP contribution is -2.15. The van der Waals surface area contributed by atoms with Crippen molar-refractivity contribution in [1.29, 1.82) is 0 Å². The minimum absolute atomic E-state index is 0.324. The predicted molar refractivity (Wildman–Crippen MR) is 73.9 cm³/mol. The zero-order chi connectivity index (χ0) is 13.1. The van der Waals surface area contributed by atoms with Crippen molar-refractivity contribution >= 4 is 29.2 Å². The van der Waals surface area contributed by atoms with Gasteiger partial charge in [0, 0.05) is 5.38 Å². The molecule has 0 rings (SSSR count). The smallest absolute Gasteiger partial charge is 0.323 e. The second-order valence-corrected chi connectivity index (χ2v) is 5.51. The Kier molecular flexibility index (Phi) is 11.2. The number of rotatable bonds is 10. The summed E-state index contributed by atoms with van der Waals surface area (Å²) in [5.41, 5.74) is 0. The standard InChI is InChI=1S/C13H24Cl2O2/c1-3-8-11(14)9-6-4-5-7-10-12(15)13(16)17-2/h11-12H,3-10H2,1-2H3. The molecule has 0 saturated carbocycles. The van der Waals surface area contributed by atoms with E-state index in [-0.39, 0.29) is 5.97 Å². The summed E-state index contributed by atoms with van der Waals surface area (Å²) in [5, 5.41) is -0.156. The highest BCUT2D eigenvalue weighted by atomic mass is 35.5. The maximum Gasteiger partial charge on any atom is 0.323 e. The van der Waals surface area contributed by atoms with Crippen molar-refractivity contribution in [3.8, 4) is 0 Å². The first-order chi connectivity index (χ1) is 8.11. The topological polar surface area (TPSA) is 26.3 Å². The molecule has 0 aliphatic heterocycles. The molecule has 0 radical (unpaired) electrons. The number of hydrogen-bond donors (Lipinski definition) is 0. The highest BCUT2D eigenvalue weighted by molar-refractivity contribution is 6.29. The number of unbranched alkanes of at least 4 members (excludes halogenated alkanes) is 3. The van der Waals surface area contributed by atoms with Crippen molar-refractivity contribution in [2.24, 2.45) is 0 Å². The van der Waals surface area contributed by atoms with Gasteiger partial charge >= 0.3 is 5.97 Å². The van der Waals surface area contributed by atoms with Gasteiger partial charge in [-0.1, -0.05) is 39.0 Å². The summed E-state index contributed by atoms with van der Waals surface area (Å²) < 4.78 is 4.56. The first-order valence-corrected chi connectivity index (χ1v) is 7.35. The summed E-state index contributed by atoms with van der Waals surface area (Å²) in [6, 6.07) is 0. The van der Waals surface area contributed by atoms with Crippen molar-refractivity contribution in [1.82, 2.24) is 0 Å². The molecule has 0 amide bonds. The predicted octanol–water partition coefficient (Wildman–Crippen LogP) is 4.51. The van der Waals surface area contributed by atoms with Crippen LogP contribution in [-0.4, -0.2) is 23.8 Å². The first kappa shape index (κ1) is 17.1. The zero-order valence-electron chi connectivity index (χ0n) is 10.9. The molecule has 0 saturated heterocycles. The first-order valence-electron chi connectivity index (χ1n) is 6.47. The molecule has 0 aliphatic rings. The van der Waals surface area contributed by atoms with Crippen LogP contribution in [0, 0.1) is 0 Å². The van der Waals surface area contributed by atoms with Crippen molar-refractivity contribution in [3.05, 3.63) is 0 Å². The molecule has 0 fully saturated rings. The fourth-order valence-corrected chi connectivity index (χ4v) is 2.36. The van der Waals surface area contributed by atoms with E-state index in [9.17, 15) is 4.79 Å². The average molecular weight is 283 g/mol. The molecule has 102 valence electrons. The molecular weight excluding hydrogens is 259 g/mol. The quantitative estimate of drug-likeness (QED) is 0.335. The molecule has 2 atom stereocenters. The Morgan fingerprint density at radius 1 is 1.06 bits per heavy atom. The van der Waals surface area contributed by atoms with Crippen molar-refractivity contribution in [3.63, 3.8) is 0 Å². The van der Waals surface area contributed by atoms with Crippen molar-refractivity contribution < 1.29 is 9.53 Å². The van der Waals surface area contributed by atoms with Gasteiger partial charge in [0.25, 0.3) is 0 Å². The molecular formula is C13H24Cl2O2. The van der Waals surface area contributed by atoms with E-state index in [1.807, 2.05) is 0 Å². The Labute approximate surface area is 115 Å². The van der Waals surface area contributed by atoms with Crippen LogP contribution in [0.4, 0.5) is 0 Å². The van der Waals surface area contributed by atoms with Gasteiger partial charge in [-0.2, -0.15) is 0 Å². The van der Waals surface area contributed by atoms with Crippen LogP contribution in [0.1, 0.15) is 58.3 Å². The van der Waals surface area contributed by atoms with Gasteiger partial charge in [0.1, 0.15) is 5.38 Å². The largest absolute Gasteiger partial charge is 0.468 e. The SMILES string of the molecule is CCCC(Cl)CCCCCCC(Cl)C(=O)OC. The third-order valence-corrected chi connectivity index (χ3v) is 3.62. The highest BCUT2D eigenvalue weighted by Crippen LogP contribution is 2.16. The molecule has 0 aliphatic carbocycles. The van der Waals surface area contributed by atoms with Crippen LogP contribution in [0.25, 0.3) is 0 Å². The molecule has 0 aromatic carbocycles. The monoisotopic (exact) mass is 282 g/mol. The number of carbonyl (C=O) groups is 1. The van der Waals surface area contributed by atoms with E-state index >= 15 is 0 Å². The van der Waals surface area contributed by atoms with Gasteiger partial charge in [-0.25, -0.2) is 0 Å². The molecule has 0 heterocycles. The molecule has 4 heteroatoms. The van der Waals surface area contributed by atoms with Crippen molar-refractivity contribution in [2.75, 3.05) is 7.11 Å². The van der Waals surface area contributed by atoms with Gasteiger partial charge in [-0.3, -0.25) is 4.79 Å². The summed E-state index contributed by atoms with van der Waals surface area (Å²) in [6.45, 7) is 2.16. The molecule has 17 heavy (non-hydrogen) atoms. The summed E-state index contributed by atoms with van der Waals surface area (Å²) in [5.74, 6) is -0.324. The van der Waals surface area contributed by atoms with Gasteiger partial charge in [0.05, 0.1) is 7.11 Å². The van der Waals surface area contributed by atoms with E-state index in [2.05, 4.69) is 11.7 Å². The number of esters is 1. The van der Waals surface area contributed by atoms with Gasteiger partial charge < -0.3 is 4.74 Å². The summed E-state index contributed by atoms with van der Waals surface area (Å²) in [6.07, 6.45) is 8.47. The van der Waals surface area contributed by atoms with Crippen molar-refractivity contribution in [2.45, 2.75) is 69.0 Å². The van der Waals surface area contributed by atoms with Crippen LogP contribution < -0.4 is 0 Å². The number of halogens is 2. The van der Waals surface area contributed by atoms with Gasteiger partial charge in [0.2, 0.25) is 0 Å². The Balaban J connectivity index is 3.32. The number of carbonyl (C=O) groups excluding carboxylic acids is 1. The van der Waals surface area contributed by atoms with Crippen LogP contribution in [0.3, 0.4) is 0 Å². The molecule has 0 bridgehead atoms. The Morgan fingerprint density at radius 2 is 1.65 bits per heavy atom. The van der Waals surface area contributed by atoms with Crippen LogP contribution in [0.2, 0.25) is 0 Å². The van der Waals surface area contributed by atoms with Crippen LogP contribution in [0.15, 0.2) is 0 Å². The van der Waals surface area contributed by atoms with E-state index in [0.29, 0.717) is 11.8 Å². The highest BCUT2D eigenvalue weighted by Gasteiger charge is 2.14. The number of hydrogen-bond acceptors (Lipinski definition) is 2. The molecule has 0 aromatic heterocycles. The molecule has 2 unspecified atom stereocenters. The summed E-state index contributed by atoms with van der Waals surface area (Å²) in [7, 11) is 1.37. The molecule has 0 spiro atoms. The third kappa shape index (κ3) is 9.72. The summed E-state index contributed by atoms with van der Waals surface area (Å²) in [4.78, 5) is 11.0. The van der Waals surface area contributed by atoms with Crippen LogP contribution >= 0.6 is 23.2 Å². The summed E-state index contributed by atoms with van der Waals surface area (Å²) >= 11 is 12.0. The second-order valence-electron chi connectivity index (χ2n) is 4.37. The second kappa shape index (κ2) is 11.2. The fourth-order valence-electron chi connectivity index (χ4n) is 1.75. The van der Waals surface area contributed by atoms with E-state index < -0.39 is 5.38 Å². The average Bonchev–Trinajstić information content (AvgIpc) is 2.32. The number of methoxy groups -OCH3 is 1. The van der Waals surface area contributed by atoms with E-state index in [1.54, 1.807) is 0 Å². The van der Waals surface area contributed by atoms with Gasteiger partial charge in [0.15, 0.2) is 0 Å². The third-order valence-electron chi connectivity index (χ3n) is 2.78. The zero-order valence-corrected chi connectivity index (χ0v) is 12.4. The Bertz CT molecular complexity index is 198. The fraction of sp³-hybridized carbons (Fsp3) is 0.923. The lowest BCUT2D eigenvalue weighted by atomic mass is 10.1. The van der Waals surface area contributed by atoms with E-state index in [0.717, 1.165) is 38.5 Å². The molecule has 2 nitrogen and oxygen atoms in total. The minimum Gasteiger partial charge on any atom is -0.468 e.